The van der Waals surface area contributed by atoms with E-state index in [9.17, 15) is 26.7 Å². The van der Waals surface area contributed by atoms with Crippen molar-refractivity contribution in [1.29, 1.82) is 0 Å². The molecule has 1 heterocycles. The molecule has 10 heteroatoms. The summed E-state index contributed by atoms with van der Waals surface area (Å²) in [4.78, 5) is 0. The van der Waals surface area contributed by atoms with Crippen LogP contribution in [0.4, 0.5) is 13.2 Å². The minimum atomic E-state index is -4.91. The number of rotatable bonds is 6. The van der Waals surface area contributed by atoms with Crippen LogP contribution in [-0.4, -0.2) is 31.8 Å². The molecule has 0 amide bonds. The van der Waals surface area contributed by atoms with Crippen molar-refractivity contribution in [2.75, 3.05) is 0 Å². The van der Waals surface area contributed by atoms with Crippen LogP contribution in [0.1, 0.15) is 20.3 Å². The Balaban J connectivity index is 3.07. The number of aliphatic hydroxyl groups excluding tert-OH is 1. The zero-order chi connectivity index (χ0) is 16.4. The Bertz CT molecular complexity index is 574. The van der Waals surface area contributed by atoms with Crippen molar-refractivity contribution in [2.45, 2.75) is 42.8 Å². The van der Waals surface area contributed by atoms with Crippen LogP contribution in [0.2, 0.25) is 4.34 Å². The summed E-state index contributed by atoms with van der Waals surface area (Å²) in [5.41, 5.74) is 0. The van der Waals surface area contributed by atoms with E-state index in [1.54, 1.807) is 6.92 Å². The predicted octanol–water partition coefficient (Wildman–Crippen LogP) is 3.02. The predicted molar refractivity (Wildman–Crippen MR) is 75.0 cm³/mol. The fourth-order valence-electron chi connectivity index (χ4n) is 1.63. The van der Waals surface area contributed by atoms with E-state index in [0.717, 1.165) is 11.3 Å². The van der Waals surface area contributed by atoms with Gasteiger partial charge in [-0.15, -0.1) is 11.3 Å². The van der Waals surface area contributed by atoms with Gasteiger partial charge in [0.05, 0.1) is 10.4 Å². The Kier molecular flexibility index (Phi) is 6.08. The minimum absolute atomic E-state index is 0.199. The summed E-state index contributed by atoms with van der Waals surface area (Å²) in [6, 6.07) is 0.864. The number of halogens is 4. The Labute approximate surface area is 130 Å². The molecular weight excluding hydrogens is 351 g/mol. The van der Waals surface area contributed by atoms with Crippen LogP contribution in [0, 0.1) is 5.92 Å². The summed E-state index contributed by atoms with van der Waals surface area (Å²) < 4.78 is 64.1. The van der Waals surface area contributed by atoms with Crippen LogP contribution < -0.4 is 4.72 Å². The molecule has 21 heavy (non-hydrogen) atoms. The maximum Gasteiger partial charge on any atom is 0.415 e. The van der Waals surface area contributed by atoms with E-state index in [4.69, 9.17) is 11.6 Å². The largest absolute Gasteiger partial charge is 0.415 e. The van der Waals surface area contributed by atoms with Gasteiger partial charge in [0.15, 0.2) is 6.10 Å². The fourth-order valence-corrected chi connectivity index (χ4v) is 4.48. The molecule has 3 atom stereocenters. The molecule has 122 valence electrons. The molecule has 0 saturated carbocycles. The number of hydrogen-bond acceptors (Lipinski definition) is 4. The molecule has 2 unspecified atom stereocenters. The third-order valence-electron chi connectivity index (χ3n) is 3.04. The summed E-state index contributed by atoms with van der Waals surface area (Å²) in [7, 11) is -4.18. The topological polar surface area (TPSA) is 66.4 Å². The maximum atomic E-state index is 12.7. The molecule has 1 rings (SSSR count). The molecule has 0 spiro atoms. The number of nitrogens with one attached hydrogen (secondary N) is 1. The SMILES string of the molecule is CC[C@H](C)C(NS(=O)(=O)c1ccc(Cl)s1)C(O)C(F)(F)F. The molecule has 0 aliphatic heterocycles. The van der Waals surface area contributed by atoms with Crippen LogP contribution in [0.15, 0.2) is 16.3 Å². The molecule has 0 aromatic carbocycles. The number of sulfonamides is 1. The van der Waals surface area contributed by atoms with Crippen molar-refractivity contribution >= 4 is 33.0 Å². The summed E-state index contributed by atoms with van der Waals surface area (Å²) in [5, 5.41) is 9.39. The van der Waals surface area contributed by atoms with Crippen molar-refractivity contribution in [3.05, 3.63) is 16.5 Å². The molecule has 1 aromatic rings. The van der Waals surface area contributed by atoms with Gasteiger partial charge in [0, 0.05) is 0 Å². The van der Waals surface area contributed by atoms with E-state index < -0.39 is 34.3 Å². The molecule has 0 bridgehead atoms. The second-order valence-electron chi connectivity index (χ2n) is 4.58. The minimum Gasteiger partial charge on any atom is -0.382 e. The lowest BCUT2D eigenvalue weighted by molar-refractivity contribution is -0.214. The summed E-state index contributed by atoms with van der Waals surface area (Å²) in [6.45, 7) is 3.04. The van der Waals surface area contributed by atoms with Crippen LogP contribution in [0.25, 0.3) is 0 Å². The monoisotopic (exact) mass is 365 g/mol. The van der Waals surface area contributed by atoms with Crippen LogP contribution in [0.5, 0.6) is 0 Å². The van der Waals surface area contributed by atoms with Crippen molar-refractivity contribution in [3.63, 3.8) is 0 Å². The van der Waals surface area contributed by atoms with Crippen molar-refractivity contribution in [3.8, 4) is 0 Å². The van der Waals surface area contributed by atoms with Crippen molar-refractivity contribution in [2.24, 2.45) is 5.92 Å². The first-order valence-electron chi connectivity index (χ1n) is 6.01. The summed E-state index contributed by atoms with van der Waals surface area (Å²) in [5.74, 6) is -0.702. The average molecular weight is 366 g/mol. The van der Waals surface area contributed by atoms with Gasteiger partial charge in [-0.3, -0.25) is 0 Å². The highest BCUT2D eigenvalue weighted by atomic mass is 35.5. The van der Waals surface area contributed by atoms with Gasteiger partial charge >= 0.3 is 6.18 Å². The van der Waals surface area contributed by atoms with Gasteiger partial charge in [-0.1, -0.05) is 31.9 Å². The third-order valence-corrected chi connectivity index (χ3v) is 6.22. The van der Waals surface area contributed by atoms with Gasteiger partial charge < -0.3 is 5.11 Å². The van der Waals surface area contributed by atoms with E-state index in [0.29, 0.717) is 0 Å². The fraction of sp³-hybridized carbons (Fsp3) is 0.636. The Hall–Kier alpha value is -0.350. The molecule has 0 radical (unpaired) electrons. The van der Waals surface area contributed by atoms with Crippen LogP contribution in [0.3, 0.4) is 0 Å². The number of alkyl halides is 3. The first kappa shape index (κ1) is 18.7. The molecular formula is C11H15ClF3NO3S2. The Morgan fingerprint density at radius 2 is 2.00 bits per heavy atom. The second-order valence-corrected chi connectivity index (χ2v) is 8.23. The zero-order valence-electron chi connectivity index (χ0n) is 11.2. The summed E-state index contributed by atoms with van der Waals surface area (Å²) >= 11 is 6.35. The van der Waals surface area contributed by atoms with Crippen molar-refractivity contribution < 1.29 is 26.7 Å². The Morgan fingerprint density at radius 3 is 2.38 bits per heavy atom. The number of aliphatic hydroxyl groups is 1. The highest BCUT2D eigenvalue weighted by Crippen LogP contribution is 2.30. The normalized spacial score (nSPS) is 17.5. The maximum absolute atomic E-state index is 12.7. The van der Waals surface area contributed by atoms with E-state index in [1.165, 1.54) is 19.1 Å². The van der Waals surface area contributed by atoms with Crippen LogP contribution in [-0.2, 0) is 10.0 Å². The highest BCUT2D eigenvalue weighted by Gasteiger charge is 2.46. The standard InChI is InChI=1S/C11H15ClF3NO3S2/c1-3-6(2)9(10(17)11(13,14)15)16-21(18,19)8-5-4-7(12)20-8/h4-6,9-10,16-17H,3H2,1-2H3/t6-,9?,10?/m0/s1. The van der Waals surface area contributed by atoms with Gasteiger partial charge in [0.1, 0.15) is 4.21 Å². The molecule has 0 aliphatic carbocycles. The molecule has 0 fully saturated rings. The lowest BCUT2D eigenvalue weighted by Gasteiger charge is -2.29. The first-order valence-corrected chi connectivity index (χ1v) is 8.69. The molecule has 0 saturated heterocycles. The smallest absolute Gasteiger partial charge is 0.382 e. The second kappa shape index (κ2) is 6.82. The third kappa shape index (κ3) is 4.82. The Morgan fingerprint density at radius 1 is 1.43 bits per heavy atom. The van der Waals surface area contributed by atoms with Gasteiger partial charge in [-0.25, -0.2) is 13.1 Å². The van der Waals surface area contributed by atoms with Gasteiger partial charge in [0.2, 0.25) is 10.0 Å². The van der Waals surface area contributed by atoms with E-state index in [1.807, 2.05) is 4.72 Å². The average Bonchev–Trinajstić information content (AvgIpc) is 2.80. The lowest BCUT2D eigenvalue weighted by atomic mass is 9.95. The highest BCUT2D eigenvalue weighted by molar-refractivity contribution is 7.91. The van der Waals surface area contributed by atoms with Gasteiger partial charge in [-0.2, -0.15) is 13.2 Å². The van der Waals surface area contributed by atoms with E-state index in [-0.39, 0.29) is 15.0 Å². The number of thiophene rings is 1. The molecule has 0 aliphatic rings. The van der Waals surface area contributed by atoms with Gasteiger partial charge in [0.25, 0.3) is 0 Å². The quantitative estimate of drug-likeness (QED) is 0.814. The molecule has 2 N–H and O–H groups in total. The van der Waals surface area contributed by atoms with Gasteiger partial charge in [-0.05, 0) is 18.1 Å². The van der Waals surface area contributed by atoms with Crippen molar-refractivity contribution in [1.82, 2.24) is 4.72 Å². The zero-order valence-corrected chi connectivity index (χ0v) is 13.6. The lowest BCUT2D eigenvalue weighted by Crippen LogP contribution is -2.52. The summed E-state index contributed by atoms with van der Waals surface area (Å²) in [6.07, 6.45) is -7.42. The molecule has 4 nitrogen and oxygen atoms in total. The first-order chi connectivity index (χ1) is 9.49. The molecule has 1 aromatic heterocycles. The van der Waals surface area contributed by atoms with Crippen LogP contribution >= 0.6 is 22.9 Å². The van der Waals surface area contributed by atoms with E-state index in [2.05, 4.69) is 0 Å². The number of hydrogen-bond donors (Lipinski definition) is 2. The van der Waals surface area contributed by atoms with E-state index >= 15 is 0 Å².